The minimum atomic E-state index is -0.855. The molecular formula is C18H25N3O2S. The fraction of sp³-hybridized carbons (Fsp3) is 0.556. The van der Waals surface area contributed by atoms with Gasteiger partial charge in [0.15, 0.2) is 5.13 Å². The third-order valence-corrected chi connectivity index (χ3v) is 5.49. The molecule has 0 atom stereocenters. The van der Waals surface area contributed by atoms with Gasteiger partial charge in [0.05, 0.1) is 15.8 Å². The smallest absolute Gasteiger partial charge is 0.225 e. The van der Waals surface area contributed by atoms with Crippen LogP contribution in [-0.4, -0.2) is 53.2 Å². The SMILES string of the molecule is CN(CC(C)(C)O)C(=O)C1CCN(c2nc3ccccc3s2)CC1. The number of hydrogen-bond acceptors (Lipinski definition) is 5. The molecule has 1 aliphatic heterocycles. The molecule has 2 aromatic rings. The lowest BCUT2D eigenvalue weighted by Crippen LogP contribution is -2.45. The van der Waals surface area contributed by atoms with E-state index in [1.54, 1.807) is 37.1 Å². The lowest BCUT2D eigenvalue weighted by molar-refractivity contribution is -0.137. The lowest BCUT2D eigenvalue weighted by atomic mass is 9.95. The van der Waals surface area contributed by atoms with Gasteiger partial charge in [0.25, 0.3) is 0 Å². The highest BCUT2D eigenvalue weighted by Gasteiger charge is 2.30. The van der Waals surface area contributed by atoms with E-state index >= 15 is 0 Å². The average molecular weight is 347 g/mol. The van der Waals surface area contributed by atoms with Crippen LogP contribution in [0.1, 0.15) is 26.7 Å². The molecule has 1 N–H and O–H groups in total. The Morgan fingerprint density at radius 3 is 2.67 bits per heavy atom. The number of aliphatic hydroxyl groups is 1. The van der Waals surface area contributed by atoms with E-state index in [0.717, 1.165) is 36.6 Å². The zero-order valence-electron chi connectivity index (χ0n) is 14.5. The number of thiazole rings is 1. The first kappa shape index (κ1) is 17.2. The number of nitrogens with zero attached hydrogens (tertiary/aromatic N) is 3. The molecule has 0 radical (unpaired) electrons. The number of fused-ring (bicyclic) bond motifs is 1. The third kappa shape index (κ3) is 3.87. The molecule has 6 heteroatoms. The minimum absolute atomic E-state index is 0.0444. The summed E-state index contributed by atoms with van der Waals surface area (Å²) in [6, 6.07) is 8.18. The number of piperidine rings is 1. The molecule has 0 spiro atoms. The number of carbonyl (C=O) groups excluding carboxylic acids is 1. The summed E-state index contributed by atoms with van der Waals surface area (Å²) in [5.41, 5.74) is 0.187. The summed E-state index contributed by atoms with van der Waals surface area (Å²) in [5, 5.41) is 10.9. The summed E-state index contributed by atoms with van der Waals surface area (Å²) in [4.78, 5) is 21.2. The van der Waals surface area contributed by atoms with Crippen molar-refractivity contribution in [1.82, 2.24) is 9.88 Å². The van der Waals surface area contributed by atoms with Crippen molar-refractivity contribution in [3.8, 4) is 0 Å². The van der Waals surface area contributed by atoms with Gasteiger partial charge in [-0.2, -0.15) is 0 Å². The molecule has 24 heavy (non-hydrogen) atoms. The fourth-order valence-corrected chi connectivity index (χ4v) is 4.30. The van der Waals surface area contributed by atoms with Crippen LogP contribution in [0.3, 0.4) is 0 Å². The van der Waals surface area contributed by atoms with Gasteiger partial charge in [0, 0.05) is 32.6 Å². The summed E-state index contributed by atoms with van der Waals surface area (Å²) in [5.74, 6) is 0.184. The van der Waals surface area contributed by atoms with E-state index in [1.807, 2.05) is 18.2 Å². The predicted octanol–water partition coefficient (Wildman–Crippen LogP) is 2.74. The van der Waals surface area contributed by atoms with Crippen LogP contribution in [-0.2, 0) is 4.79 Å². The van der Waals surface area contributed by atoms with E-state index in [-0.39, 0.29) is 11.8 Å². The van der Waals surface area contributed by atoms with E-state index in [2.05, 4.69) is 11.0 Å². The first-order chi connectivity index (χ1) is 11.3. The molecule has 1 aromatic carbocycles. The zero-order valence-corrected chi connectivity index (χ0v) is 15.3. The number of carbonyl (C=O) groups is 1. The zero-order chi connectivity index (χ0) is 17.3. The second kappa shape index (κ2) is 6.69. The van der Waals surface area contributed by atoms with Crippen LogP contribution in [0.25, 0.3) is 10.2 Å². The quantitative estimate of drug-likeness (QED) is 0.924. The Morgan fingerprint density at radius 1 is 1.38 bits per heavy atom. The maximum atomic E-state index is 12.5. The van der Waals surface area contributed by atoms with Crippen molar-refractivity contribution in [1.29, 1.82) is 0 Å². The topological polar surface area (TPSA) is 56.7 Å². The molecule has 130 valence electrons. The second-order valence-corrected chi connectivity index (χ2v) is 8.24. The third-order valence-electron chi connectivity index (χ3n) is 4.40. The Bertz CT molecular complexity index is 681. The van der Waals surface area contributed by atoms with Gasteiger partial charge >= 0.3 is 0 Å². The van der Waals surface area contributed by atoms with E-state index in [0.29, 0.717) is 6.54 Å². The maximum absolute atomic E-state index is 12.5. The number of likely N-dealkylation sites (N-methyl/N-ethyl adjacent to an activating group) is 1. The standard InChI is InChI=1S/C18H25N3O2S/c1-18(2,23)12-20(3)16(22)13-8-10-21(11-9-13)17-19-14-6-4-5-7-15(14)24-17/h4-7,13,23H,8-12H2,1-3H3. The normalized spacial score (nSPS) is 16.6. The molecule has 0 saturated carbocycles. The van der Waals surface area contributed by atoms with Crippen molar-refractivity contribution in [2.75, 3.05) is 31.6 Å². The molecule has 1 aliphatic rings. The Balaban J connectivity index is 1.60. The number of para-hydroxylation sites is 1. The summed E-state index contributed by atoms with van der Waals surface area (Å²) in [6.45, 7) is 5.53. The van der Waals surface area contributed by atoms with E-state index in [1.165, 1.54) is 4.70 Å². The highest BCUT2D eigenvalue weighted by Crippen LogP contribution is 2.31. The molecule has 1 aromatic heterocycles. The van der Waals surface area contributed by atoms with Gasteiger partial charge in [-0.15, -0.1) is 0 Å². The molecule has 1 saturated heterocycles. The molecule has 0 unspecified atom stereocenters. The summed E-state index contributed by atoms with van der Waals surface area (Å²) in [7, 11) is 1.78. The first-order valence-electron chi connectivity index (χ1n) is 8.41. The second-order valence-electron chi connectivity index (χ2n) is 7.23. The van der Waals surface area contributed by atoms with Gasteiger partial charge in [-0.3, -0.25) is 4.79 Å². The van der Waals surface area contributed by atoms with Crippen molar-refractivity contribution in [2.24, 2.45) is 5.92 Å². The van der Waals surface area contributed by atoms with Crippen LogP contribution >= 0.6 is 11.3 Å². The highest BCUT2D eigenvalue weighted by molar-refractivity contribution is 7.22. The van der Waals surface area contributed by atoms with Crippen LogP contribution < -0.4 is 4.90 Å². The molecule has 5 nitrogen and oxygen atoms in total. The minimum Gasteiger partial charge on any atom is -0.389 e. The maximum Gasteiger partial charge on any atom is 0.225 e. The number of amides is 1. The molecule has 3 rings (SSSR count). The van der Waals surface area contributed by atoms with Crippen molar-refractivity contribution in [3.63, 3.8) is 0 Å². The largest absolute Gasteiger partial charge is 0.389 e. The summed E-state index contributed by atoms with van der Waals surface area (Å²) >= 11 is 1.71. The van der Waals surface area contributed by atoms with Crippen LogP contribution in [0.2, 0.25) is 0 Å². The van der Waals surface area contributed by atoms with Crippen molar-refractivity contribution < 1.29 is 9.90 Å². The molecule has 1 fully saturated rings. The number of rotatable bonds is 4. The van der Waals surface area contributed by atoms with Gasteiger partial charge in [0.1, 0.15) is 0 Å². The Hall–Kier alpha value is -1.66. The van der Waals surface area contributed by atoms with Crippen LogP contribution in [0, 0.1) is 5.92 Å². The van der Waals surface area contributed by atoms with Gasteiger partial charge < -0.3 is 14.9 Å². The summed E-state index contributed by atoms with van der Waals surface area (Å²) in [6.07, 6.45) is 1.68. The van der Waals surface area contributed by atoms with E-state index in [4.69, 9.17) is 4.98 Å². The number of anilines is 1. The van der Waals surface area contributed by atoms with Crippen molar-refractivity contribution in [2.45, 2.75) is 32.3 Å². The Kier molecular flexibility index (Phi) is 4.78. The van der Waals surface area contributed by atoms with Crippen molar-refractivity contribution in [3.05, 3.63) is 24.3 Å². The Morgan fingerprint density at radius 2 is 2.04 bits per heavy atom. The Labute approximate surface area is 146 Å². The van der Waals surface area contributed by atoms with Crippen LogP contribution in [0.15, 0.2) is 24.3 Å². The van der Waals surface area contributed by atoms with E-state index in [9.17, 15) is 9.90 Å². The van der Waals surface area contributed by atoms with Gasteiger partial charge in [-0.25, -0.2) is 4.98 Å². The lowest BCUT2D eigenvalue weighted by Gasteiger charge is -2.34. The molecule has 2 heterocycles. The predicted molar refractivity (Wildman–Crippen MR) is 98.5 cm³/mol. The number of aromatic nitrogens is 1. The molecule has 0 bridgehead atoms. The number of hydrogen-bond donors (Lipinski definition) is 1. The number of benzene rings is 1. The highest BCUT2D eigenvalue weighted by atomic mass is 32.1. The van der Waals surface area contributed by atoms with Crippen LogP contribution in [0.4, 0.5) is 5.13 Å². The monoisotopic (exact) mass is 347 g/mol. The molecule has 1 amide bonds. The first-order valence-corrected chi connectivity index (χ1v) is 9.23. The fourth-order valence-electron chi connectivity index (χ4n) is 3.28. The molecule has 0 aliphatic carbocycles. The van der Waals surface area contributed by atoms with E-state index < -0.39 is 5.60 Å². The van der Waals surface area contributed by atoms with Crippen molar-refractivity contribution >= 4 is 32.6 Å². The average Bonchev–Trinajstić information content (AvgIpc) is 2.96. The van der Waals surface area contributed by atoms with Crippen LogP contribution in [0.5, 0.6) is 0 Å². The van der Waals surface area contributed by atoms with Gasteiger partial charge in [-0.05, 0) is 38.8 Å². The van der Waals surface area contributed by atoms with Gasteiger partial charge in [-0.1, -0.05) is 23.5 Å². The molecular weight excluding hydrogens is 322 g/mol. The van der Waals surface area contributed by atoms with Gasteiger partial charge in [0.2, 0.25) is 5.91 Å². The summed E-state index contributed by atoms with van der Waals surface area (Å²) < 4.78 is 1.20.